The van der Waals surface area contributed by atoms with Crippen molar-refractivity contribution in [3.05, 3.63) is 102 Å². The molecule has 266 valence electrons. The van der Waals surface area contributed by atoms with Gasteiger partial charge >= 0.3 is 0 Å². The van der Waals surface area contributed by atoms with E-state index in [1.807, 2.05) is 36.7 Å². The second-order valence-electron chi connectivity index (χ2n) is 12.4. The minimum Gasteiger partial charge on any atom is -0.493 e. The molecule has 3 heterocycles. The molecule has 0 spiro atoms. The Kier molecular flexibility index (Phi) is 11.4. The summed E-state index contributed by atoms with van der Waals surface area (Å²) in [5.74, 6) is 3.53. The Balaban J connectivity index is 1.17. The van der Waals surface area contributed by atoms with Crippen molar-refractivity contribution >= 4 is 5.69 Å². The van der Waals surface area contributed by atoms with Gasteiger partial charge in [0, 0.05) is 61.4 Å². The molecule has 1 saturated heterocycles. The molecular weight excluding hydrogens is 644 g/mol. The number of rotatable bonds is 14. The fourth-order valence-corrected chi connectivity index (χ4v) is 6.81. The van der Waals surface area contributed by atoms with Crippen LogP contribution in [0.25, 0.3) is 22.5 Å². The maximum absolute atomic E-state index is 5.61. The van der Waals surface area contributed by atoms with Gasteiger partial charge in [0.25, 0.3) is 0 Å². The third-order valence-corrected chi connectivity index (χ3v) is 9.41. The number of piperidine rings is 1. The van der Waals surface area contributed by atoms with Crippen LogP contribution in [0.4, 0.5) is 5.69 Å². The lowest BCUT2D eigenvalue weighted by Gasteiger charge is -2.40. The van der Waals surface area contributed by atoms with E-state index in [2.05, 4.69) is 69.4 Å². The summed E-state index contributed by atoms with van der Waals surface area (Å²) < 4.78 is 33.4. The lowest BCUT2D eigenvalue weighted by Crippen LogP contribution is -2.44. The van der Waals surface area contributed by atoms with E-state index in [0.29, 0.717) is 40.5 Å². The molecule has 0 bridgehead atoms. The van der Waals surface area contributed by atoms with Crippen molar-refractivity contribution in [2.45, 2.75) is 32.0 Å². The summed E-state index contributed by atoms with van der Waals surface area (Å²) in [4.78, 5) is 14.5. The first-order valence-corrected chi connectivity index (χ1v) is 17.0. The van der Waals surface area contributed by atoms with Gasteiger partial charge in [0.05, 0.1) is 54.0 Å². The largest absolute Gasteiger partial charge is 0.493 e. The molecule has 0 unspecified atom stereocenters. The molecule has 1 aliphatic rings. The molecule has 2 aromatic heterocycles. The maximum atomic E-state index is 5.61. The first-order valence-electron chi connectivity index (χ1n) is 17.0. The average Bonchev–Trinajstić information content (AvgIpc) is 3.19. The van der Waals surface area contributed by atoms with Gasteiger partial charge in [0.1, 0.15) is 0 Å². The molecule has 3 aromatic carbocycles. The van der Waals surface area contributed by atoms with Crippen LogP contribution in [0.5, 0.6) is 34.5 Å². The second kappa shape index (κ2) is 16.5. The normalized spacial score (nSPS) is 13.4. The van der Waals surface area contributed by atoms with Crippen LogP contribution in [-0.4, -0.2) is 76.7 Å². The zero-order chi connectivity index (χ0) is 35.7. The van der Waals surface area contributed by atoms with Gasteiger partial charge in [-0.1, -0.05) is 18.2 Å². The summed E-state index contributed by atoms with van der Waals surface area (Å²) in [5.41, 5.74) is 7.12. The Bertz CT molecular complexity index is 1860. The summed E-state index contributed by atoms with van der Waals surface area (Å²) in [6.45, 7) is 3.59. The fraction of sp³-hybridized carbons (Fsp3) is 0.317. The zero-order valence-electron chi connectivity index (χ0n) is 30.2. The van der Waals surface area contributed by atoms with Crippen LogP contribution in [0.1, 0.15) is 24.0 Å². The van der Waals surface area contributed by atoms with Crippen LogP contribution in [0.15, 0.2) is 91.3 Å². The lowest BCUT2D eigenvalue weighted by atomic mass is 10.00. The van der Waals surface area contributed by atoms with E-state index in [0.717, 1.165) is 61.5 Å². The van der Waals surface area contributed by atoms with Crippen LogP contribution < -0.4 is 33.3 Å². The molecule has 51 heavy (non-hydrogen) atoms. The lowest BCUT2D eigenvalue weighted by molar-refractivity contribution is 0.201. The summed E-state index contributed by atoms with van der Waals surface area (Å²) >= 11 is 0. The van der Waals surface area contributed by atoms with Crippen LogP contribution in [0.2, 0.25) is 0 Å². The highest BCUT2D eigenvalue weighted by Gasteiger charge is 2.26. The van der Waals surface area contributed by atoms with Crippen LogP contribution >= 0.6 is 0 Å². The predicted molar refractivity (Wildman–Crippen MR) is 200 cm³/mol. The molecule has 10 heteroatoms. The van der Waals surface area contributed by atoms with Crippen molar-refractivity contribution in [3.8, 4) is 57.0 Å². The molecule has 0 N–H and O–H groups in total. The van der Waals surface area contributed by atoms with E-state index < -0.39 is 0 Å². The molecule has 0 atom stereocenters. The first kappa shape index (κ1) is 35.3. The molecule has 10 nitrogen and oxygen atoms in total. The summed E-state index contributed by atoms with van der Waals surface area (Å²) in [6.07, 6.45) is 5.84. The Morgan fingerprint density at radius 2 is 1.06 bits per heavy atom. The Hall–Kier alpha value is -5.48. The number of anilines is 1. The molecule has 0 amide bonds. The van der Waals surface area contributed by atoms with Gasteiger partial charge in [-0.2, -0.15) is 0 Å². The Labute approximate surface area is 300 Å². The highest BCUT2D eigenvalue weighted by molar-refractivity contribution is 5.70. The van der Waals surface area contributed by atoms with Gasteiger partial charge in [-0.25, -0.2) is 0 Å². The first-order chi connectivity index (χ1) is 25.0. The van der Waals surface area contributed by atoms with Crippen molar-refractivity contribution in [2.24, 2.45) is 0 Å². The molecule has 0 aliphatic carbocycles. The summed E-state index contributed by atoms with van der Waals surface area (Å²) in [6, 6.07) is 27.3. The van der Waals surface area contributed by atoms with Crippen molar-refractivity contribution < 1.29 is 28.4 Å². The summed E-state index contributed by atoms with van der Waals surface area (Å²) in [5, 5.41) is 0. The summed E-state index contributed by atoms with van der Waals surface area (Å²) in [7, 11) is 9.71. The number of nitrogens with zero attached hydrogens (tertiary/aromatic N) is 4. The van der Waals surface area contributed by atoms with Crippen molar-refractivity contribution in [2.75, 3.05) is 60.6 Å². The Morgan fingerprint density at radius 1 is 0.588 bits per heavy atom. The van der Waals surface area contributed by atoms with Gasteiger partial charge in [0.15, 0.2) is 23.0 Å². The molecule has 0 saturated carbocycles. The standard InChI is InChI=1S/C41H46N4O6/c1-46-36-22-30(23-37(47-2)40(36)50-5)34-20-28(12-16-42-34)26-44-18-14-33(15-19-44)45(32-10-8-7-9-11-32)27-29-13-17-43-35(21-29)31-24-38(48-3)41(51-6)39(25-31)49-4/h7-13,16-17,20-25,33H,14-15,18-19,26-27H2,1-6H3. The second-order valence-corrected chi connectivity index (χ2v) is 12.4. The zero-order valence-corrected chi connectivity index (χ0v) is 30.2. The van der Waals surface area contributed by atoms with Gasteiger partial charge in [0.2, 0.25) is 11.5 Å². The van der Waals surface area contributed by atoms with Crippen LogP contribution in [0.3, 0.4) is 0 Å². The van der Waals surface area contributed by atoms with Crippen molar-refractivity contribution in [1.29, 1.82) is 0 Å². The van der Waals surface area contributed by atoms with E-state index in [1.54, 1.807) is 42.7 Å². The monoisotopic (exact) mass is 690 g/mol. The highest BCUT2D eigenvalue weighted by Crippen LogP contribution is 2.42. The molecule has 1 aliphatic heterocycles. The van der Waals surface area contributed by atoms with E-state index >= 15 is 0 Å². The van der Waals surface area contributed by atoms with Crippen molar-refractivity contribution in [1.82, 2.24) is 14.9 Å². The quantitative estimate of drug-likeness (QED) is 0.117. The van der Waals surface area contributed by atoms with Crippen molar-refractivity contribution in [3.63, 3.8) is 0 Å². The predicted octanol–water partition coefficient (Wildman–Crippen LogP) is 7.53. The van der Waals surface area contributed by atoms with E-state index in [-0.39, 0.29) is 0 Å². The van der Waals surface area contributed by atoms with Gasteiger partial charge in [-0.15, -0.1) is 0 Å². The van der Waals surface area contributed by atoms with Gasteiger partial charge < -0.3 is 33.3 Å². The minimum absolute atomic E-state index is 0.383. The number of ether oxygens (including phenoxy) is 6. The number of aromatic nitrogens is 2. The highest BCUT2D eigenvalue weighted by atomic mass is 16.5. The third-order valence-electron chi connectivity index (χ3n) is 9.41. The molecule has 0 radical (unpaired) electrons. The Morgan fingerprint density at radius 3 is 1.53 bits per heavy atom. The topological polar surface area (TPSA) is 87.6 Å². The number of hydrogen-bond donors (Lipinski definition) is 0. The number of para-hydroxylation sites is 1. The average molecular weight is 691 g/mol. The fourth-order valence-electron chi connectivity index (χ4n) is 6.81. The van der Waals surface area contributed by atoms with Crippen LogP contribution in [-0.2, 0) is 13.1 Å². The van der Waals surface area contributed by atoms with Gasteiger partial charge in [-0.05, 0) is 84.6 Å². The molecule has 6 rings (SSSR count). The van der Waals surface area contributed by atoms with E-state index in [4.69, 9.17) is 33.4 Å². The number of benzene rings is 3. The SMILES string of the molecule is COc1cc(-c2cc(CN3CCC(N(Cc4ccnc(-c5cc(OC)c(OC)c(OC)c5)c4)c4ccccc4)CC3)ccn2)cc(OC)c1OC. The molecule has 1 fully saturated rings. The molecular formula is C41H46N4O6. The van der Waals surface area contributed by atoms with Crippen LogP contribution in [0, 0.1) is 0 Å². The number of likely N-dealkylation sites (tertiary alicyclic amines) is 1. The van der Waals surface area contributed by atoms with Gasteiger partial charge in [-0.3, -0.25) is 14.9 Å². The number of hydrogen-bond acceptors (Lipinski definition) is 10. The third kappa shape index (κ3) is 7.97. The minimum atomic E-state index is 0.383. The number of pyridine rings is 2. The number of methoxy groups -OCH3 is 6. The van der Waals surface area contributed by atoms with E-state index in [9.17, 15) is 0 Å². The van der Waals surface area contributed by atoms with E-state index in [1.165, 1.54) is 16.8 Å². The maximum Gasteiger partial charge on any atom is 0.203 e. The smallest absolute Gasteiger partial charge is 0.203 e. The molecule has 5 aromatic rings.